The lowest BCUT2D eigenvalue weighted by atomic mass is 9.79. The van der Waals surface area contributed by atoms with Crippen LogP contribution >= 0.6 is 0 Å². The van der Waals surface area contributed by atoms with Crippen LogP contribution < -0.4 is 10.6 Å². The number of carbonyl (C=O) groups is 2. The average molecular weight is 363 g/mol. The summed E-state index contributed by atoms with van der Waals surface area (Å²) < 4.78 is 5.23. The van der Waals surface area contributed by atoms with Crippen molar-refractivity contribution in [1.82, 2.24) is 5.32 Å². The Kier molecular flexibility index (Phi) is 4.87. The number of aliphatic imine (C=N–C) groups is 1. The first-order chi connectivity index (χ1) is 13.2. The van der Waals surface area contributed by atoms with E-state index >= 15 is 0 Å². The van der Waals surface area contributed by atoms with E-state index in [1.165, 1.54) is 0 Å². The molecule has 1 heterocycles. The molecular formula is C21H21N3O3. The number of amides is 2. The SMILES string of the molecule is O=C(N[C@H]1N=C(C2CCC2)c2ccccc2NC1=O)OCc1ccccc1. The number of carbonyl (C=O) groups excluding carboxylic acids is 2. The summed E-state index contributed by atoms with van der Waals surface area (Å²) in [5.74, 6) is -0.0445. The van der Waals surface area contributed by atoms with Crippen LogP contribution in [-0.2, 0) is 16.1 Å². The largest absolute Gasteiger partial charge is 0.445 e. The molecule has 1 saturated carbocycles. The number of rotatable bonds is 4. The zero-order valence-corrected chi connectivity index (χ0v) is 14.9. The van der Waals surface area contributed by atoms with Crippen molar-refractivity contribution in [1.29, 1.82) is 0 Å². The molecule has 0 bridgehead atoms. The third kappa shape index (κ3) is 3.84. The van der Waals surface area contributed by atoms with Crippen LogP contribution in [0, 0.1) is 5.92 Å². The van der Waals surface area contributed by atoms with Crippen molar-refractivity contribution in [3.05, 3.63) is 65.7 Å². The van der Waals surface area contributed by atoms with Crippen LogP contribution in [0.3, 0.4) is 0 Å². The zero-order valence-electron chi connectivity index (χ0n) is 14.9. The van der Waals surface area contributed by atoms with Gasteiger partial charge in [0.1, 0.15) is 6.61 Å². The second-order valence-corrected chi connectivity index (χ2v) is 6.79. The minimum atomic E-state index is -1.00. The predicted octanol–water partition coefficient (Wildman–Crippen LogP) is 3.48. The number of para-hydroxylation sites is 1. The summed E-state index contributed by atoms with van der Waals surface area (Å²) in [6, 6.07) is 17.0. The van der Waals surface area contributed by atoms with E-state index in [9.17, 15) is 9.59 Å². The van der Waals surface area contributed by atoms with Crippen LogP contribution in [0.25, 0.3) is 0 Å². The Labute approximate surface area is 157 Å². The lowest BCUT2D eigenvalue weighted by molar-refractivity contribution is -0.117. The highest BCUT2D eigenvalue weighted by molar-refractivity contribution is 6.13. The molecule has 0 unspecified atom stereocenters. The molecule has 6 nitrogen and oxygen atoms in total. The molecule has 0 spiro atoms. The molecule has 0 saturated heterocycles. The minimum Gasteiger partial charge on any atom is -0.445 e. The number of alkyl carbamates (subject to hydrolysis) is 1. The first kappa shape index (κ1) is 17.3. The number of anilines is 1. The van der Waals surface area contributed by atoms with Crippen molar-refractivity contribution in [3.8, 4) is 0 Å². The Morgan fingerprint density at radius 2 is 1.85 bits per heavy atom. The minimum absolute atomic E-state index is 0.139. The Hall–Kier alpha value is -3.15. The third-order valence-corrected chi connectivity index (χ3v) is 4.94. The van der Waals surface area contributed by atoms with Gasteiger partial charge in [0.25, 0.3) is 5.91 Å². The van der Waals surface area contributed by atoms with Gasteiger partial charge in [-0.2, -0.15) is 0 Å². The van der Waals surface area contributed by atoms with E-state index in [1.807, 2.05) is 54.6 Å². The summed E-state index contributed by atoms with van der Waals surface area (Å²) in [5.41, 5.74) is 3.42. The molecular weight excluding hydrogens is 342 g/mol. The Morgan fingerprint density at radius 3 is 2.59 bits per heavy atom. The molecule has 2 amide bonds. The first-order valence-corrected chi connectivity index (χ1v) is 9.16. The number of nitrogens with zero attached hydrogens (tertiary/aromatic N) is 1. The topological polar surface area (TPSA) is 79.8 Å². The van der Waals surface area contributed by atoms with Crippen LogP contribution in [0.5, 0.6) is 0 Å². The molecule has 2 N–H and O–H groups in total. The summed E-state index contributed by atoms with van der Waals surface area (Å²) in [6.45, 7) is 0.139. The number of benzene rings is 2. The molecule has 1 fully saturated rings. The molecule has 1 aliphatic carbocycles. The Balaban J connectivity index is 1.50. The van der Waals surface area contributed by atoms with Crippen molar-refractivity contribution in [2.24, 2.45) is 10.9 Å². The van der Waals surface area contributed by atoms with Crippen LogP contribution in [0.2, 0.25) is 0 Å². The quantitative estimate of drug-likeness (QED) is 0.873. The standard InChI is InChI=1S/C21H21N3O3/c25-20-19(24-21(26)27-13-14-7-2-1-3-8-14)23-18(15-9-6-10-15)16-11-4-5-12-17(16)22-20/h1-5,7-8,11-12,15,19H,6,9-10,13H2,(H,22,25)(H,24,26)/t19-/m1/s1. The molecule has 2 aromatic rings. The second kappa shape index (κ2) is 7.61. The third-order valence-electron chi connectivity index (χ3n) is 4.94. The van der Waals surface area contributed by atoms with E-state index in [0.29, 0.717) is 5.92 Å². The van der Waals surface area contributed by atoms with Gasteiger partial charge in [0.2, 0.25) is 6.17 Å². The predicted molar refractivity (Wildman–Crippen MR) is 103 cm³/mol. The smallest absolute Gasteiger partial charge is 0.409 e. The number of hydrogen-bond acceptors (Lipinski definition) is 4. The van der Waals surface area contributed by atoms with Crippen molar-refractivity contribution >= 4 is 23.4 Å². The van der Waals surface area contributed by atoms with Gasteiger partial charge in [-0.3, -0.25) is 15.1 Å². The summed E-state index contributed by atoms with van der Waals surface area (Å²) in [4.78, 5) is 29.4. The van der Waals surface area contributed by atoms with Gasteiger partial charge < -0.3 is 10.1 Å². The normalized spacial score (nSPS) is 19.0. The highest BCUT2D eigenvalue weighted by Crippen LogP contribution is 2.34. The van der Waals surface area contributed by atoms with Crippen LogP contribution in [0.4, 0.5) is 10.5 Å². The van der Waals surface area contributed by atoms with Crippen molar-refractivity contribution in [2.45, 2.75) is 32.0 Å². The van der Waals surface area contributed by atoms with Gasteiger partial charge in [-0.15, -0.1) is 0 Å². The highest BCUT2D eigenvalue weighted by Gasteiger charge is 2.32. The molecule has 1 aliphatic heterocycles. The van der Waals surface area contributed by atoms with Gasteiger partial charge in [0.15, 0.2) is 0 Å². The molecule has 1 atom stereocenters. The Bertz CT molecular complexity index is 875. The molecule has 138 valence electrons. The molecule has 4 rings (SSSR count). The van der Waals surface area contributed by atoms with Gasteiger partial charge in [0.05, 0.1) is 5.71 Å². The summed E-state index contributed by atoms with van der Waals surface area (Å²) in [6.07, 6.45) is 1.58. The fraction of sp³-hybridized carbons (Fsp3) is 0.286. The number of nitrogens with one attached hydrogen (secondary N) is 2. The van der Waals surface area contributed by atoms with E-state index in [0.717, 1.165) is 41.8 Å². The number of benzodiazepines with no additional fused rings is 1. The van der Waals surface area contributed by atoms with Crippen LogP contribution in [-0.4, -0.2) is 23.9 Å². The van der Waals surface area contributed by atoms with E-state index in [2.05, 4.69) is 15.6 Å². The lowest BCUT2D eigenvalue weighted by Gasteiger charge is -2.27. The zero-order chi connectivity index (χ0) is 18.6. The number of fused-ring (bicyclic) bond motifs is 1. The van der Waals surface area contributed by atoms with E-state index in [-0.39, 0.29) is 12.5 Å². The van der Waals surface area contributed by atoms with Crippen molar-refractivity contribution < 1.29 is 14.3 Å². The van der Waals surface area contributed by atoms with E-state index < -0.39 is 12.3 Å². The summed E-state index contributed by atoms with van der Waals surface area (Å²) in [7, 11) is 0. The van der Waals surface area contributed by atoms with Gasteiger partial charge in [-0.1, -0.05) is 55.0 Å². The van der Waals surface area contributed by atoms with Crippen LogP contribution in [0.1, 0.15) is 30.4 Å². The fourth-order valence-corrected chi connectivity index (χ4v) is 3.27. The van der Waals surface area contributed by atoms with Gasteiger partial charge >= 0.3 is 6.09 Å². The number of hydrogen-bond donors (Lipinski definition) is 2. The molecule has 27 heavy (non-hydrogen) atoms. The maximum absolute atomic E-state index is 12.6. The highest BCUT2D eigenvalue weighted by atomic mass is 16.5. The Morgan fingerprint density at radius 1 is 1.11 bits per heavy atom. The van der Waals surface area contributed by atoms with Crippen LogP contribution in [0.15, 0.2) is 59.6 Å². The molecule has 0 radical (unpaired) electrons. The number of ether oxygens (including phenoxy) is 1. The maximum atomic E-state index is 12.6. The average Bonchev–Trinajstić information content (AvgIpc) is 2.77. The van der Waals surface area contributed by atoms with Gasteiger partial charge in [-0.25, -0.2) is 4.79 Å². The molecule has 2 aliphatic rings. The molecule has 6 heteroatoms. The lowest BCUT2D eigenvalue weighted by Crippen LogP contribution is -2.42. The monoisotopic (exact) mass is 363 g/mol. The molecule has 0 aromatic heterocycles. The first-order valence-electron chi connectivity index (χ1n) is 9.16. The second-order valence-electron chi connectivity index (χ2n) is 6.79. The van der Waals surface area contributed by atoms with Gasteiger partial charge in [0, 0.05) is 17.2 Å². The van der Waals surface area contributed by atoms with Crippen molar-refractivity contribution in [2.75, 3.05) is 5.32 Å². The fourth-order valence-electron chi connectivity index (χ4n) is 3.27. The van der Waals surface area contributed by atoms with Gasteiger partial charge in [-0.05, 0) is 24.5 Å². The molecule has 2 aromatic carbocycles. The summed E-state index contributed by atoms with van der Waals surface area (Å²) in [5, 5.41) is 5.45. The van der Waals surface area contributed by atoms with E-state index in [1.54, 1.807) is 0 Å². The summed E-state index contributed by atoms with van der Waals surface area (Å²) >= 11 is 0. The van der Waals surface area contributed by atoms with E-state index in [4.69, 9.17) is 4.74 Å². The van der Waals surface area contributed by atoms with Crippen molar-refractivity contribution in [3.63, 3.8) is 0 Å². The maximum Gasteiger partial charge on any atom is 0.409 e.